The summed E-state index contributed by atoms with van der Waals surface area (Å²) in [6.45, 7) is 2.15. The van der Waals surface area contributed by atoms with Crippen LogP contribution in [0.4, 0.5) is 0 Å². The van der Waals surface area contributed by atoms with E-state index in [4.69, 9.17) is 4.98 Å². The summed E-state index contributed by atoms with van der Waals surface area (Å²) in [6, 6.07) is 13.0. The number of piperidine rings is 1. The molecular formula is C18H20N2O2. The molecule has 1 aromatic carbocycles. The molecule has 2 aromatic rings. The van der Waals surface area contributed by atoms with Crippen molar-refractivity contribution in [3.63, 3.8) is 0 Å². The van der Waals surface area contributed by atoms with E-state index in [0.717, 1.165) is 30.9 Å². The Morgan fingerprint density at radius 2 is 2.05 bits per heavy atom. The van der Waals surface area contributed by atoms with E-state index in [1.165, 1.54) is 6.42 Å². The predicted molar refractivity (Wildman–Crippen MR) is 86.1 cm³/mol. The summed E-state index contributed by atoms with van der Waals surface area (Å²) in [4.78, 5) is 18.5. The number of nitrogens with zero attached hydrogens (tertiary/aromatic N) is 2. The molecule has 0 unspecified atom stereocenters. The van der Waals surface area contributed by atoms with Crippen molar-refractivity contribution in [2.45, 2.75) is 18.8 Å². The lowest BCUT2D eigenvalue weighted by Crippen LogP contribution is -2.31. The fraction of sp³-hybridized carbons (Fsp3) is 0.333. The zero-order valence-corrected chi connectivity index (χ0v) is 12.7. The highest BCUT2D eigenvalue weighted by Crippen LogP contribution is 2.28. The molecule has 1 aliphatic rings. The molecule has 3 rings (SSSR count). The normalized spacial score (nSPS) is 19.0. The molecule has 1 aliphatic heterocycles. The van der Waals surface area contributed by atoms with E-state index in [9.17, 15) is 9.90 Å². The second kappa shape index (κ2) is 6.28. The third kappa shape index (κ3) is 3.02. The van der Waals surface area contributed by atoms with Gasteiger partial charge in [0, 0.05) is 23.7 Å². The Kier molecular flexibility index (Phi) is 4.20. The minimum absolute atomic E-state index is 0.299. The number of likely N-dealkylation sites (tertiary alicyclic amines) is 1. The van der Waals surface area contributed by atoms with Gasteiger partial charge in [-0.2, -0.15) is 0 Å². The van der Waals surface area contributed by atoms with Crippen LogP contribution in [0.15, 0.2) is 42.5 Å². The quantitative estimate of drug-likeness (QED) is 0.944. The van der Waals surface area contributed by atoms with Crippen LogP contribution in [-0.2, 0) is 0 Å². The van der Waals surface area contributed by atoms with Crippen molar-refractivity contribution in [1.29, 1.82) is 0 Å². The van der Waals surface area contributed by atoms with Gasteiger partial charge in [-0.05, 0) is 44.6 Å². The molecule has 1 aromatic heterocycles. The smallest absolute Gasteiger partial charge is 0.336 e. The van der Waals surface area contributed by atoms with Crippen molar-refractivity contribution in [1.82, 2.24) is 9.88 Å². The van der Waals surface area contributed by atoms with Crippen LogP contribution in [0, 0.1) is 0 Å². The standard InChI is InChI=1S/C18H20N2O2/c1-20-11-5-6-13(12-20)16-9-4-10-17(19-16)14-7-2-3-8-15(14)18(21)22/h2-4,7-10,13H,5-6,11-12H2,1H3,(H,21,22)/t13-/m1/s1. The number of carboxylic acid groups (broad SMARTS) is 1. The van der Waals surface area contributed by atoms with Crippen molar-refractivity contribution < 1.29 is 9.90 Å². The lowest BCUT2D eigenvalue weighted by molar-refractivity contribution is 0.0697. The van der Waals surface area contributed by atoms with Gasteiger partial charge >= 0.3 is 5.97 Å². The van der Waals surface area contributed by atoms with Crippen molar-refractivity contribution in [3.05, 3.63) is 53.7 Å². The second-order valence-electron chi connectivity index (χ2n) is 5.90. The van der Waals surface area contributed by atoms with Gasteiger partial charge in [-0.1, -0.05) is 24.3 Å². The van der Waals surface area contributed by atoms with Crippen molar-refractivity contribution in [3.8, 4) is 11.3 Å². The molecule has 1 saturated heterocycles. The monoisotopic (exact) mass is 296 g/mol. The maximum Gasteiger partial charge on any atom is 0.336 e. The highest BCUT2D eigenvalue weighted by molar-refractivity contribution is 5.95. The highest BCUT2D eigenvalue weighted by atomic mass is 16.4. The van der Waals surface area contributed by atoms with Gasteiger partial charge in [0.1, 0.15) is 0 Å². The number of benzene rings is 1. The van der Waals surface area contributed by atoms with E-state index in [1.807, 2.05) is 24.3 Å². The Balaban J connectivity index is 1.96. The Labute approximate surface area is 130 Å². The lowest BCUT2D eigenvalue weighted by atomic mass is 9.94. The summed E-state index contributed by atoms with van der Waals surface area (Å²) in [6.07, 6.45) is 2.32. The Hall–Kier alpha value is -2.20. The van der Waals surface area contributed by atoms with E-state index in [1.54, 1.807) is 12.1 Å². The number of carbonyl (C=O) groups is 1. The third-order valence-corrected chi connectivity index (χ3v) is 4.25. The summed E-state index contributed by atoms with van der Waals surface area (Å²) in [5.41, 5.74) is 2.78. The minimum atomic E-state index is -0.916. The molecule has 4 nitrogen and oxygen atoms in total. The molecule has 4 heteroatoms. The van der Waals surface area contributed by atoms with Gasteiger partial charge in [0.05, 0.1) is 11.3 Å². The van der Waals surface area contributed by atoms with Crippen LogP contribution in [-0.4, -0.2) is 41.1 Å². The predicted octanol–water partition coefficient (Wildman–Crippen LogP) is 3.26. The van der Waals surface area contributed by atoms with E-state index in [2.05, 4.69) is 18.0 Å². The summed E-state index contributed by atoms with van der Waals surface area (Å²) in [5.74, 6) is -0.490. The van der Waals surface area contributed by atoms with Crippen molar-refractivity contribution in [2.24, 2.45) is 0 Å². The van der Waals surface area contributed by atoms with Gasteiger partial charge in [-0.3, -0.25) is 4.98 Å². The van der Waals surface area contributed by atoms with Crippen LogP contribution >= 0.6 is 0 Å². The average Bonchev–Trinajstić information content (AvgIpc) is 2.55. The minimum Gasteiger partial charge on any atom is -0.478 e. The molecule has 1 fully saturated rings. The molecular weight excluding hydrogens is 276 g/mol. The topological polar surface area (TPSA) is 53.4 Å². The van der Waals surface area contributed by atoms with Gasteiger partial charge in [-0.15, -0.1) is 0 Å². The molecule has 0 radical (unpaired) electrons. The summed E-state index contributed by atoms with van der Waals surface area (Å²) < 4.78 is 0. The SMILES string of the molecule is CN1CCC[C@@H](c2cccc(-c3ccccc3C(=O)O)n2)C1. The first-order chi connectivity index (χ1) is 10.6. The summed E-state index contributed by atoms with van der Waals surface area (Å²) >= 11 is 0. The van der Waals surface area contributed by atoms with Crippen LogP contribution in [0.5, 0.6) is 0 Å². The molecule has 0 amide bonds. The van der Waals surface area contributed by atoms with Crippen molar-refractivity contribution >= 4 is 5.97 Å². The van der Waals surface area contributed by atoms with Crippen LogP contribution in [0.3, 0.4) is 0 Å². The number of aromatic nitrogens is 1. The fourth-order valence-electron chi connectivity index (χ4n) is 3.13. The average molecular weight is 296 g/mol. The van der Waals surface area contributed by atoms with Gasteiger partial charge in [0.25, 0.3) is 0 Å². The number of rotatable bonds is 3. The van der Waals surface area contributed by atoms with Gasteiger partial charge in [0.15, 0.2) is 0 Å². The maximum absolute atomic E-state index is 11.4. The fourth-order valence-corrected chi connectivity index (χ4v) is 3.13. The second-order valence-corrected chi connectivity index (χ2v) is 5.90. The number of likely N-dealkylation sites (N-methyl/N-ethyl adjacent to an activating group) is 1. The van der Waals surface area contributed by atoms with Crippen LogP contribution in [0.1, 0.15) is 34.8 Å². The molecule has 0 saturated carbocycles. The van der Waals surface area contributed by atoms with Gasteiger partial charge in [0.2, 0.25) is 0 Å². The summed E-state index contributed by atoms with van der Waals surface area (Å²) in [5, 5.41) is 9.35. The zero-order valence-electron chi connectivity index (χ0n) is 12.7. The summed E-state index contributed by atoms with van der Waals surface area (Å²) in [7, 11) is 2.13. The van der Waals surface area contributed by atoms with Crippen molar-refractivity contribution in [2.75, 3.05) is 20.1 Å². The molecule has 114 valence electrons. The van der Waals surface area contributed by atoms with Gasteiger partial charge in [-0.25, -0.2) is 4.79 Å². The zero-order chi connectivity index (χ0) is 15.5. The third-order valence-electron chi connectivity index (χ3n) is 4.25. The van der Waals surface area contributed by atoms with Gasteiger partial charge < -0.3 is 10.0 Å². The van der Waals surface area contributed by atoms with E-state index < -0.39 is 5.97 Å². The Bertz CT molecular complexity index is 684. The van der Waals surface area contributed by atoms with Crippen LogP contribution in [0.25, 0.3) is 11.3 Å². The number of hydrogen-bond acceptors (Lipinski definition) is 3. The Morgan fingerprint density at radius 3 is 2.82 bits per heavy atom. The number of carboxylic acids is 1. The first kappa shape index (κ1) is 14.7. The first-order valence-electron chi connectivity index (χ1n) is 7.63. The number of hydrogen-bond donors (Lipinski definition) is 1. The molecule has 0 bridgehead atoms. The van der Waals surface area contributed by atoms with E-state index in [-0.39, 0.29) is 0 Å². The van der Waals surface area contributed by atoms with E-state index in [0.29, 0.717) is 17.0 Å². The number of aromatic carboxylic acids is 1. The molecule has 1 N–H and O–H groups in total. The highest BCUT2D eigenvalue weighted by Gasteiger charge is 2.21. The maximum atomic E-state index is 11.4. The molecule has 0 spiro atoms. The van der Waals surface area contributed by atoms with Crippen LogP contribution < -0.4 is 0 Å². The number of pyridine rings is 1. The van der Waals surface area contributed by atoms with E-state index >= 15 is 0 Å². The molecule has 0 aliphatic carbocycles. The molecule has 2 heterocycles. The molecule has 1 atom stereocenters. The molecule has 22 heavy (non-hydrogen) atoms. The largest absolute Gasteiger partial charge is 0.478 e. The Morgan fingerprint density at radius 1 is 1.23 bits per heavy atom. The lowest BCUT2D eigenvalue weighted by Gasteiger charge is -2.29. The first-order valence-corrected chi connectivity index (χ1v) is 7.63. The van der Waals surface area contributed by atoms with Crippen LogP contribution in [0.2, 0.25) is 0 Å².